The highest BCUT2D eigenvalue weighted by molar-refractivity contribution is 6.07. The molecule has 6 heterocycles. The molecule has 0 aliphatic carbocycles. The fourth-order valence-corrected chi connectivity index (χ4v) is 9.07. The van der Waals surface area contributed by atoms with Gasteiger partial charge in [-0.2, -0.15) is 4.58 Å². The normalized spacial score (nSPS) is 21.5. The molecule has 58 heavy (non-hydrogen) atoms. The van der Waals surface area contributed by atoms with E-state index in [1.54, 1.807) is 23.1 Å². The van der Waals surface area contributed by atoms with E-state index in [1.807, 2.05) is 54.3 Å². The van der Waals surface area contributed by atoms with Crippen molar-refractivity contribution >= 4 is 52.5 Å². The number of likely N-dealkylation sites (tertiary alicyclic amines) is 2. The molecule has 5 aliphatic rings. The summed E-state index contributed by atoms with van der Waals surface area (Å²) in [7, 11) is 0. The second-order valence-electron chi connectivity index (χ2n) is 15.8. The number of carbonyl (C=O) groups is 3. The quantitative estimate of drug-likeness (QED) is 0.216. The van der Waals surface area contributed by atoms with Crippen LogP contribution in [-0.4, -0.2) is 112 Å². The molecule has 0 spiro atoms. The number of phenols is 1. The molecule has 4 saturated heterocycles. The number of carbonyl (C=O) groups excluding carboxylic acids is 3. The van der Waals surface area contributed by atoms with Crippen LogP contribution < -0.4 is 20.9 Å². The summed E-state index contributed by atoms with van der Waals surface area (Å²) < 4.78 is 8.51. The molecule has 14 heteroatoms. The van der Waals surface area contributed by atoms with Crippen LogP contribution >= 0.6 is 0 Å². The summed E-state index contributed by atoms with van der Waals surface area (Å²) in [6, 6.07) is 20.5. The molecule has 4 N–H and O–H groups in total. The van der Waals surface area contributed by atoms with Gasteiger partial charge in [0.1, 0.15) is 11.9 Å². The number of fused-ring (bicyclic) bond motifs is 1. The highest BCUT2D eigenvalue weighted by Crippen LogP contribution is 2.38. The summed E-state index contributed by atoms with van der Waals surface area (Å²) >= 11 is 0. The van der Waals surface area contributed by atoms with E-state index in [0.29, 0.717) is 61.2 Å². The summed E-state index contributed by atoms with van der Waals surface area (Å²) in [5, 5.41) is 21.3. The van der Waals surface area contributed by atoms with Crippen molar-refractivity contribution in [3.05, 3.63) is 95.2 Å². The first-order chi connectivity index (χ1) is 28.2. The molecular weight excluding hydrogens is 735 g/mol. The van der Waals surface area contributed by atoms with E-state index in [2.05, 4.69) is 48.2 Å². The maximum Gasteiger partial charge on any atom is 0.328 e. The van der Waals surface area contributed by atoms with Crippen molar-refractivity contribution < 1.29 is 28.8 Å². The van der Waals surface area contributed by atoms with Crippen LogP contribution in [0.15, 0.2) is 72.9 Å². The Morgan fingerprint density at radius 1 is 0.966 bits per heavy atom. The molecule has 5 aliphatic heterocycles. The molecule has 14 nitrogen and oxygen atoms in total. The Balaban J connectivity index is 0.794. The number of nitrogens with one attached hydrogen (secondary N) is 1. The van der Waals surface area contributed by atoms with Crippen LogP contribution in [0.4, 0.5) is 27.7 Å². The Hall–Kier alpha value is -6.12. The lowest BCUT2D eigenvalue weighted by Crippen LogP contribution is -2.49. The van der Waals surface area contributed by atoms with Gasteiger partial charge in [-0.1, -0.05) is 24.3 Å². The minimum atomic E-state index is -0.372. The van der Waals surface area contributed by atoms with Crippen LogP contribution in [0.5, 0.6) is 5.75 Å². The number of piperidine rings is 1. The van der Waals surface area contributed by atoms with Crippen LogP contribution in [0.1, 0.15) is 58.8 Å². The Labute approximate surface area is 337 Å². The van der Waals surface area contributed by atoms with Crippen molar-refractivity contribution in [2.24, 2.45) is 5.92 Å². The third kappa shape index (κ3) is 7.29. The van der Waals surface area contributed by atoms with Crippen LogP contribution in [0, 0.1) is 12.8 Å². The van der Waals surface area contributed by atoms with Crippen LogP contribution in [0.25, 0.3) is 17.3 Å². The van der Waals surface area contributed by atoms with E-state index in [4.69, 9.17) is 10.5 Å². The largest absolute Gasteiger partial charge is 0.507 e. The number of aryl methyl sites for hydroxylation is 1. The van der Waals surface area contributed by atoms with Gasteiger partial charge < -0.3 is 25.4 Å². The lowest BCUT2D eigenvalue weighted by Gasteiger charge is -2.36. The summed E-state index contributed by atoms with van der Waals surface area (Å²) in [6.45, 7) is 8.44. The van der Waals surface area contributed by atoms with Gasteiger partial charge in [0.05, 0.1) is 35.8 Å². The van der Waals surface area contributed by atoms with Gasteiger partial charge in [-0.15, -0.1) is 10.2 Å². The predicted molar refractivity (Wildman–Crippen MR) is 221 cm³/mol. The first-order valence-electron chi connectivity index (χ1n) is 20.2. The van der Waals surface area contributed by atoms with E-state index in [9.17, 15) is 19.5 Å². The smallest absolute Gasteiger partial charge is 0.328 e. The number of anilines is 3. The fraction of sp³-hybridized carbons (Fsp3) is 0.364. The van der Waals surface area contributed by atoms with E-state index >= 15 is 0 Å². The molecule has 1 atom stereocenters. The maximum atomic E-state index is 13.8. The zero-order chi connectivity index (χ0) is 39.9. The van der Waals surface area contributed by atoms with Crippen molar-refractivity contribution in [3.63, 3.8) is 0 Å². The molecule has 4 fully saturated rings. The summed E-state index contributed by atoms with van der Waals surface area (Å²) in [5.41, 5.74) is 15.1. The number of aromatic nitrogens is 2. The molecule has 4 amide bonds. The Kier molecular flexibility index (Phi) is 10.1. The van der Waals surface area contributed by atoms with Crippen molar-refractivity contribution in [1.29, 1.82) is 0 Å². The number of morpholine rings is 1. The average Bonchev–Trinajstić information content (AvgIpc) is 3.89. The minimum Gasteiger partial charge on any atom is -0.507 e. The number of para-hydroxylation sites is 1. The van der Waals surface area contributed by atoms with E-state index in [0.717, 1.165) is 85.7 Å². The third-order valence-electron chi connectivity index (χ3n) is 12.2. The Bertz CT molecular complexity index is 2350. The van der Waals surface area contributed by atoms with E-state index < -0.39 is 0 Å². The van der Waals surface area contributed by atoms with Crippen molar-refractivity contribution in [1.82, 2.24) is 25.3 Å². The maximum absolute atomic E-state index is 13.8. The Morgan fingerprint density at radius 2 is 1.81 bits per heavy atom. The third-order valence-corrected chi connectivity index (χ3v) is 12.2. The van der Waals surface area contributed by atoms with Crippen LogP contribution in [0.2, 0.25) is 0 Å². The molecule has 1 aromatic heterocycles. The van der Waals surface area contributed by atoms with Gasteiger partial charge in [0.15, 0.2) is 17.7 Å². The van der Waals surface area contributed by atoms with Gasteiger partial charge in [-0.3, -0.25) is 24.7 Å². The number of nitrogen functional groups attached to an aromatic ring is 1. The van der Waals surface area contributed by atoms with Gasteiger partial charge in [-0.25, -0.2) is 4.79 Å². The molecule has 4 aromatic rings. The van der Waals surface area contributed by atoms with Gasteiger partial charge >= 0.3 is 6.03 Å². The molecular formula is C44H48N9O5+. The second-order valence-corrected chi connectivity index (χ2v) is 15.8. The summed E-state index contributed by atoms with van der Waals surface area (Å²) in [5.74, 6) is 0.796. The predicted octanol–water partition coefficient (Wildman–Crippen LogP) is 5.09. The Morgan fingerprint density at radius 3 is 2.62 bits per heavy atom. The van der Waals surface area contributed by atoms with Gasteiger partial charge in [-0.05, 0) is 73.2 Å². The molecule has 298 valence electrons. The van der Waals surface area contributed by atoms with E-state index in [1.165, 1.54) is 5.71 Å². The molecule has 0 bridgehead atoms. The second kappa shape index (κ2) is 15.7. The van der Waals surface area contributed by atoms with Crippen LogP contribution in [-0.2, 0) is 9.53 Å². The zero-order valence-electron chi connectivity index (χ0n) is 32.6. The number of ether oxygens (including phenoxy) is 1. The minimum absolute atomic E-state index is 0.0656. The van der Waals surface area contributed by atoms with Crippen molar-refractivity contribution in [2.75, 3.05) is 74.5 Å². The first kappa shape index (κ1) is 37.5. The SMILES string of the molecule is Cc1cc(C(=O)N2CCC(CN3CCC(=[N+]4C=Cc5c(N6CCC(=O)NC6=O)cccc54)C3)CC2)ccc1C1CN(c2cc(-c3ccccc3O)nnc2N)CCO1. The van der Waals surface area contributed by atoms with Gasteiger partial charge in [0.25, 0.3) is 5.91 Å². The van der Waals surface area contributed by atoms with Crippen molar-refractivity contribution in [3.8, 4) is 17.0 Å². The molecule has 3 aromatic carbocycles. The van der Waals surface area contributed by atoms with Gasteiger partial charge in [0, 0.05) is 81.9 Å². The number of rotatable bonds is 7. The number of aromatic hydroxyl groups is 1. The average molecular weight is 783 g/mol. The monoisotopic (exact) mass is 782 g/mol. The topological polar surface area (TPSA) is 160 Å². The van der Waals surface area contributed by atoms with Crippen molar-refractivity contribution in [2.45, 2.75) is 38.7 Å². The fourth-order valence-electron chi connectivity index (χ4n) is 9.07. The zero-order valence-corrected chi connectivity index (χ0v) is 32.6. The summed E-state index contributed by atoms with van der Waals surface area (Å²) in [6.07, 6.45) is 7.14. The van der Waals surface area contributed by atoms with E-state index in [-0.39, 0.29) is 29.7 Å². The number of amides is 4. The number of imide groups is 1. The highest BCUT2D eigenvalue weighted by atomic mass is 16.5. The molecule has 0 saturated carbocycles. The lowest BCUT2D eigenvalue weighted by molar-refractivity contribution is -0.356. The number of nitrogens with zero attached hydrogens (tertiary/aromatic N) is 7. The summed E-state index contributed by atoms with van der Waals surface area (Å²) in [4.78, 5) is 46.4. The molecule has 9 rings (SSSR count). The standard InChI is InChI=1S/C44H47N9O5/c1-28-23-30(9-10-32(28)40-27-51(21-22-58-40)38-24-35(47-48-42(38)45)33-5-2-3-8-39(33)54)43(56)50-17-11-29(12-18-50)25-49-16-13-31(26-49)52-19-14-34-36(52)6-4-7-37(34)53-20-15-41(55)46-44(53)57/h2-10,14,19,23-24,29,40H,11-13,15-18,20-22,25-27H2,1H3,(H3-,45,46,47,48,54,55,57)/p+1. The highest BCUT2D eigenvalue weighted by Gasteiger charge is 2.35. The number of benzene rings is 3. The lowest BCUT2D eigenvalue weighted by atomic mass is 9.95. The number of phenolic OH excluding ortho intramolecular Hbond substituents is 1. The number of nitrogens with two attached hydrogens (primary N) is 1. The number of hydrogen-bond acceptors (Lipinski definition) is 10. The molecule has 0 radical (unpaired) electrons. The number of hydrogen-bond donors (Lipinski definition) is 3. The van der Waals surface area contributed by atoms with Gasteiger partial charge in [0.2, 0.25) is 11.6 Å². The molecule has 1 unspecified atom stereocenters. The van der Waals surface area contributed by atoms with Crippen LogP contribution in [0.3, 0.4) is 0 Å². The number of urea groups is 1. The first-order valence-corrected chi connectivity index (χ1v) is 20.2.